The molecular formula is C9H13N3O3. The first-order valence-corrected chi connectivity index (χ1v) is 4.53. The van der Waals surface area contributed by atoms with E-state index in [0.717, 1.165) is 10.8 Å². The lowest BCUT2D eigenvalue weighted by Gasteiger charge is -2.07. The molecule has 0 atom stereocenters. The maximum atomic E-state index is 11.5. The molecule has 1 aromatic heterocycles. The monoisotopic (exact) mass is 211 g/mol. The maximum Gasteiger partial charge on any atom is 0.328 e. The Morgan fingerprint density at radius 2 is 2.07 bits per heavy atom. The van der Waals surface area contributed by atoms with Crippen LogP contribution in [0.15, 0.2) is 15.8 Å². The summed E-state index contributed by atoms with van der Waals surface area (Å²) in [5.41, 5.74) is -1.20. The van der Waals surface area contributed by atoms with Gasteiger partial charge in [0.1, 0.15) is 5.56 Å². The third-order valence-corrected chi connectivity index (χ3v) is 1.84. The van der Waals surface area contributed by atoms with E-state index in [9.17, 15) is 14.4 Å². The summed E-state index contributed by atoms with van der Waals surface area (Å²) in [6, 6.07) is -0.0610. The zero-order valence-electron chi connectivity index (χ0n) is 8.83. The van der Waals surface area contributed by atoms with Crippen LogP contribution in [0.3, 0.4) is 0 Å². The molecular weight excluding hydrogens is 198 g/mol. The van der Waals surface area contributed by atoms with Crippen molar-refractivity contribution in [2.24, 2.45) is 7.05 Å². The summed E-state index contributed by atoms with van der Waals surface area (Å²) < 4.78 is 0.856. The van der Waals surface area contributed by atoms with Crippen molar-refractivity contribution in [1.29, 1.82) is 0 Å². The van der Waals surface area contributed by atoms with Crippen molar-refractivity contribution < 1.29 is 4.79 Å². The van der Waals surface area contributed by atoms with Crippen molar-refractivity contribution in [3.05, 3.63) is 32.6 Å². The summed E-state index contributed by atoms with van der Waals surface area (Å²) in [4.78, 5) is 36.3. The van der Waals surface area contributed by atoms with Crippen LogP contribution in [-0.2, 0) is 7.05 Å². The number of H-pyrrole nitrogens is 1. The molecule has 6 heteroatoms. The predicted octanol–water partition coefficient (Wildman–Crippen LogP) is -0.788. The normalized spacial score (nSPS) is 10.4. The van der Waals surface area contributed by atoms with Gasteiger partial charge in [-0.2, -0.15) is 0 Å². The molecule has 0 aliphatic rings. The van der Waals surface area contributed by atoms with E-state index in [1.807, 2.05) is 0 Å². The van der Waals surface area contributed by atoms with Gasteiger partial charge in [-0.05, 0) is 13.8 Å². The molecule has 82 valence electrons. The van der Waals surface area contributed by atoms with E-state index in [0.29, 0.717) is 0 Å². The second-order valence-corrected chi connectivity index (χ2v) is 3.50. The lowest BCUT2D eigenvalue weighted by molar-refractivity contribution is 0.0940. The van der Waals surface area contributed by atoms with Crippen molar-refractivity contribution in [2.75, 3.05) is 0 Å². The topological polar surface area (TPSA) is 84.0 Å². The molecule has 1 rings (SSSR count). The van der Waals surface area contributed by atoms with E-state index < -0.39 is 17.2 Å². The Labute approximate surface area is 85.9 Å². The van der Waals surface area contributed by atoms with Gasteiger partial charge in [-0.1, -0.05) is 0 Å². The fraction of sp³-hybridized carbons (Fsp3) is 0.444. The van der Waals surface area contributed by atoms with Crippen LogP contribution < -0.4 is 16.6 Å². The van der Waals surface area contributed by atoms with Crippen molar-refractivity contribution in [2.45, 2.75) is 19.9 Å². The maximum absolute atomic E-state index is 11.5. The van der Waals surface area contributed by atoms with Crippen LogP contribution in [0.4, 0.5) is 0 Å². The van der Waals surface area contributed by atoms with Gasteiger partial charge in [0.05, 0.1) is 0 Å². The SMILES string of the molecule is CC(C)NC(=O)c1c[nH]c(=O)n(C)c1=O. The van der Waals surface area contributed by atoms with Crippen molar-refractivity contribution in [3.8, 4) is 0 Å². The van der Waals surface area contributed by atoms with Crippen molar-refractivity contribution >= 4 is 5.91 Å². The Hall–Kier alpha value is -1.85. The van der Waals surface area contributed by atoms with Gasteiger partial charge in [-0.3, -0.25) is 14.2 Å². The van der Waals surface area contributed by atoms with E-state index in [4.69, 9.17) is 0 Å². The summed E-state index contributed by atoms with van der Waals surface area (Å²) >= 11 is 0. The molecule has 0 radical (unpaired) electrons. The fourth-order valence-corrected chi connectivity index (χ4v) is 1.07. The van der Waals surface area contributed by atoms with Crippen LogP contribution in [0.25, 0.3) is 0 Å². The summed E-state index contributed by atoms with van der Waals surface area (Å²) in [6.45, 7) is 3.57. The molecule has 2 N–H and O–H groups in total. The van der Waals surface area contributed by atoms with Gasteiger partial charge in [0.2, 0.25) is 0 Å². The molecule has 0 fully saturated rings. The number of aromatic amines is 1. The highest BCUT2D eigenvalue weighted by Gasteiger charge is 2.13. The number of amides is 1. The smallest absolute Gasteiger partial charge is 0.328 e. The standard InChI is InChI=1S/C9H13N3O3/c1-5(2)11-7(13)6-4-10-9(15)12(3)8(6)14/h4-5H,1-3H3,(H,10,15)(H,11,13). The number of carbonyl (C=O) groups excluding carboxylic acids is 1. The molecule has 0 saturated heterocycles. The van der Waals surface area contributed by atoms with Gasteiger partial charge in [-0.15, -0.1) is 0 Å². The van der Waals surface area contributed by atoms with Crippen molar-refractivity contribution in [3.63, 3.8) is 0 Å². The van der Waals surface area contributed by atoms with E-state index >= 15 is 0 Å². The first-order chi connectivity index (χ1) is 6.93. The second-order valence-electron chi connectivity index (χ2n) is 3.50. The molecule has 0 aromatic carbocycles. The molecule has 0 spiro atoms. The lowest BCUT2D eigenvalue weighted by Crippen LogP contribution is -2.40. The Bertz CT molecular complexity index is 484. The summed E-state index contributed by atoms with van der Waals surface area (Å²) in [6.07, 6.45) is 1.13. The summed E-state index contributed by atoms with van der Waals surface area (Å²) in [5, 5.41) is 2.57. The highest BCUT2D eigenvalue weighted by atomic mass is 16.2. The lowest BCUT2D eigenvalue weighted by atomic mass is 10.3. The highest BCUT2D eigenvalue weighted by molar-refractivity contribution is 5.93. The van der Waals surface area contributed by atoms with Gasteiger partial charge in [0.15, 0.2) is 0 Å². The van der Waals surface area contributed by atoms with Gasteiger partial charge in [0, 0.05) is 19.3 Å². The molecule has 1 aromatic rings. The summed E-state index contributed by atoms with van der Waals surface area (Å²) in [5.74, 6) is -0.484. The van der Waals surface area contributed by atoms with E-state index in [1.54, 1.807) is 13.8 Å². The molecule has 6 nitrogen and oxygen atoms in total. The van der Waals surface area contributed by atoms with Crippen LogP contribution in [0.1, 0.15) is 24.2 Å². The number of hydrogen-bond acceptors (Lipinski definition) is 3. The molecule has 0 unspecified atom stereocenters. The third-order valence-electron chi connectivity index (χ3n) is 1.84. The van der Waals surface area contributed by atoms with E-state index in [-0.39, 0.29) is 11.6 Å². The average molecular weight is 211 g/mol. The van der Waals surface area contributed by atoms with Crippen LogP contribution in [-0.4, -0.2) is 21.5 Å². The van der Waals surface area contributed by atoms with Crippen LogP contribution in [0.2, 0.25) is 0 Å². The van der Waals surface area contributed by atoms with Gasteiger partial charge < -0.3 is 10.3 Å². The minimum atomic E-state index is -0.600. The van der Waals surface area contributed by atoms with Crippen LogP contribution in [0, 0.1) is 0 Å². The number of aromatic nitrogens is 2. The number of rotatable bonds is 2. The van der Waals surface area contributed by atoms with Crippen LogP contribution >= 0.6 is 0 Å². The summed E-state index contributed by atoms with van der Waals surface area (Å²) in [7, 11) is 1.31. The minimum Gasteiger partial charge on any atom is -0.350 e. The molecule has 0 aliphatic carbocycles. The van der Waals surface area contributed by atoms with Gasteiger partial charge in [-0.25, -0.2) is 4.79 Å². The quantitative estimate of drug-likeness (QED) is 0.672. The fourth-order valence-electron chi connectivity index (χ4n) is 1.07. The Morgan fingerprint density at radius 1 is 1.47 bits per heavy atom. The first kappa shape index (κ1) is 11.2. The highest BCUT2D eigenvalue weighted by Crippen LogP contribution is 1.87. The zero-order chi connectivity index (χ0) is 11.6. The van der Waals surface area contributed by atoms with Gasteiger partial charge >= 0.3 is 5.69 Å². The van der Waals surface area contributed by atoms with Crippen LogP contribution in [0.5, 0.6) is 0 Å². The number of carbonyl (C=O) groups is 1. The van der Waals surface area contributed by atoms with E-state index in [1.165, 1.54) is 7.05 Å². The molecule has 0 saturated carbocycles. The largest absolute Gasteiger partial charge is 0.350 e. The Kier molecular flexibility index (Phi) is 3.08. The third kappa shape index (κ3) is 2.34. The molecule has 15 heavy (non-hydrogen) atoms. The van der Waals surface area contributed by atoms with Gasteiger partial charge in [0.25, 0.3) is 11.5 Å². The number of nitrogens with one attached hydrogen (secondary N) is 2. The number of nitrogens with zero attached hydrogens (tertiary/aromatic N) is 1. The number of hydrogen-bond donors (Lipinski definition) is 2. The predicted molar refractivity (Wildman–Crippen MR) is 54.9 cm³/mol. The molecule has 1 heterocycles. The molecule has 0 bridgehead atoms. The average Bonchev–Trinajstić information content (AvgIpc) is 2.13. The second kappa shape index (κ2) is 4.12. The Morgan fingerprint density at radius 3 is 2.60 bits per heavy atom. The zero-order valence-corrected chi connectivity index (χ0v) is 8.83. The van der Waals surface area contributed by atoms with Crippen molar-refractivity contribution in [1.82, 2.24) is 14.9 Å². The van der Waals surface area contributed by atoms with E-state index in [2.05, 4.69) is 10.3 Å². The Balaban J connectivity index is 3.17. The first-order valence-electron chi connectivity index (χ1n) is 4.53. The molecule has 0 aliphatic heterocycles. The minimum absolute atomic E-state index is 0.0610. The molecule has 1 amide bonds.